The molecule has 0 unspecified atom stereocenters. The summed E-state index contributed by atoms with van der Waals surface area (Å²) in [5, 5.41) is 2.71. The normalized spacial score (nSPS) is 11.2. The van der Waals surface area contributed by atoms with Crippen LogP contribution < -0.4 is 9.62 Å². The van der Waals surface area contributed by atoms with Gasteiger partial charge < -0.3 is 5.32 Å². The van der Waals surface area contributed by atoms with Crippen molar-refractivity contribution in [1.82, 2.24) is 5.32 Å². The van der Waals surface area contributed by atoms with Gasteiger partial charge in [0.05, 0.1) is 11.9 Å². The molecule has 0 heterocycles. The smallest absolute Gasteiger partial charge is 0.232 e. The van der Waals surface area contributed by atoms with E-state index in [-0.39, 0.29) is 31.2 Å². The van der Waals surface area contributed by atoms with Gasteiger partial charge in [-0.15, -0.1) is 0 Å². The first-order valence-electron chi connectivity index (χ1n) is 8.31. The van der Waals surface area contributed by atoms with Gasteiger partial charge in [0.15, 0.2) is 0 Å². The highest BCUT2D eigenvalue weighted by molar-refractivity contribution is 7.92. The summed E-state index contributed by atoms with van der Waals surface area (Å²) in [6.07, 6.45) is 1.72. The van der Waals surface area contributed by atoms with Gasteiger partial charge in [-0.25, -0.2) is 12.8 Å². The minimum absolute atomic E-state index is 0.188. The van der Waals surface area contributed by atoms with Crippen LogP contribution in [0.25, 0.3) is 0 Å². The molecule has 0 saturated carbocycles. The summed E-state index contributed by atoms with van der Waals surface area (Å²) < 4.78 is 38.5. The molecule has 2 rings (SSSR count). The van der Waals surface area contributed by atoms with E-state index in [4.69, 9.17) is 0 Å². The highest BCUT2D eigenvalue weighted by atomic mass is 32.2. The Morgan fingerprint density at radius 2 is 1.88 bits per heavy atom. The number of carbonyl (C=O) groups is 1. The molecule has 0 radical (unpaired) electrons. The SMILES string of the molecule is Cc1cccc(N(CCCC(=O)NCc2cccc(F)c2)S(C)(=O)=O)c1. The largest absolute Gasteiger partial charge is 0.352 e. The zero-order valence-electron chi connectivity index (χ0n) is 14.9. The van der Waals surface area contributed by atoms with Gasteiger partial charge >= 0.3 is 0 Å². The van der Waals surface area contributed by atoms with Gasteiger partial charge in [0.1, 0.15) is 5.82 Å². The van der Waals surface area contributed by atoms with Crippen molar-refractivity contribution >= 4 is 21.6 Å². The molecular formula is C19H23FN2O3S. The van der Waals surface area contributed by atoms with E-state index < -0.39 is 10.0 Å². The van der Waals surface area contributed by atoms with Crippen LogP contribution in [0.5, 0.6) is 0 Å². The van der Waals surface area contributed by atoms with E-state index in [2.05, 4.69) is 5.32 Å². The van der Waals surface area contributed by atoms with Crippen molar-refractivity contribution < 1.29 is 17.6 Å². The molecule has 0 saturated heterocycles. The average Bonchev–Trinajstić information content (AvgIpc) is 2.56. The molecule has 2 aromatic rings. The van der Waals surface area contributed by atoms with Gasteiger partial charge in [-0.1, -0.05) is 24.3 Å². The van der Waals surface area contributed by atoms with Crippen LogP contribution in [0, 0.1) is 12.7 Å². The number of halogens is 1. The maximum atomic E-state index is 13.1. The Labute approximate surface area is 153 Å². The lowest BCUT2D eigenvalue weighted by atomic mass is 10.2. The average molecular weight is 378 g/mol. The predicted molar refractivity (Wildman–Crippen MR) is 101 cm³/mol. The summed E-state index contributed by atoms with van der Waals surface area (Å²) >= 11 is 0. The number of sulfonamides is 1. The number of benzene rings is 2. The van der Waals surface area contributed by atoms with Crippen molar-refractivity contribution in [2.75, 3.05) is 17.1 Å². The van der Waals surface area contributed by atoms with Crippen LogP contribution in [-0.4, -0.2) is 27.1 Å². The second-order valence-electron chi connectivity index (χ2n) is 6.18. The molecule has 1 N–H and O–H groups in total. The number of aryl methyl sites for hydroxylation is 1. The van der Waals surface area contributed by atoms with Crippen LogP contribution in [0.2, 0.25) is 0 Å². The predicted octanol–water partition coefficient (Wildman–Crippen LogP) is 3.00. The fourth-order valence-electron chi connectivity index (χ4n) is 2.59. The van der Waals surface area contributed by atoms with Crippen molar-refractivity contribution in [2.45, 2.75) is 26.3 Å². The summed E-state index contributed by atoms with van der Waals surface area (Å²) in [5.41, 5.74) is 2.23. The minimum atomic E-state index is -3.43. The van der Waals surface area contributed by atoms with Crippen molar-refractivity contribution in [2.24, 2.45) is 0 Å². The lowest BCUT2D eigenvalue weighted by Gasteiger charge is -2.22. The van der Waals surface area contributed by atoms with Crippen LogP contribution in [0.4, 0.5) is 10.1 Å². The third-order valence-corrected chi connectivity index (χ3v) is 5.03. The lowest BCUT2D eigenvalue weighted by molar-refractivity contribution is -0.121. The zero-order chi connectivity index (χ0) is 19.2. The Hall–Kier alpha value is -2.41. The number of nitrogens with zero attached hydrogens (tertiary/aromatic N) is 1. The van der Waals surface area contributed by atoms with Gasteiger partial charge in [-0.05, 0) is 48.7 Å². The molecule has 0 aliphatic rings. The van der Waals surface area contributed by atoms with Crippen LogP contribution in [0.3, 0.4) is 0 Å². The second kappa shape index (κ2) is 8.80. The number of rotatable bonds is 8. The van der Waals surface area contributed by atoms with Crippen molar-refractivity contribution in [3.05, 3.63) is 65.5 Å². The Morgan fingerprint density at radius 3 is 2.54 bits per heavy atom. The molecule has 0 aliphatic carbocycles. The van der Waals surface area contributed by atoms with Gasteiger partial charge in [-0.3, -0.25) is 9.10 Å². The van der Waals surface area contributed by atoms with Gasteiger partial charge in [0.2, 0.25) is 15.9 Å². The Morgan fingerprint density at radius 1 is 1.15 bits per heavy atom. The van der Waals surface area contributed by atoms with E-state index in [1.165, 1.54) is 16.4 Å². The van der Waals surface area contributed by atoms with E-state index in [0.717, 1.165) is 11.8 Å². The molecule has 5 nitrogen and oxygen atoms in total. The molecular weight excluding hydrogens is 355 g/mol. The molecule has 0 aliphatic heterocycles. The van der Waals surface area contributed by atoms with Crippen molar-refractivity contribution in [3.8, 4) is 0 Å². The molecule has 0 fully saturated rings. The monoisotopic (exact) mass is 378 g/mol. The molecule has 0 spiro atoms. The quantitative estimate of drug-likeness (QED) is 0.768. The topological polar surface area (TPSA) is 66.5 Å². The number of nitrogens with one attached hydrogen (secondary N) is 1. The van der Waals surface area contributed by atoms with Gasteiger partial charge in [-0.2, -0.15) is 0 Å². The van der Waals surface area contributed by atoms with E-state index in [0.29, 0.717) is 17.7 Å². The molecule has 2 aromatic carbocycles. The molecule has 0 aromatic heterocycles. The van der Waals surface area contributed by atoms with E-state index >= 15 is 0 Å². The summed E-state index contributed by atoms with van der Waals surface area (Å²) in [5.74, 6) is -0.550. The molecule has 0 bridgehead atoms. The Kier molecular flexibility index (Phi) is 6.74. The second-order valence-corrected chi connectivity index (χ2v) is 8.09. The van der Waals surface area contributed by atoms with E-state index in [1.807, 2.05) is 13.0 Å². The minimum Gasteiger partial charge on any atom is -0.352 e. The Balaban J connectivity index is 1.88. The number of carbonyl (C=O) groups excluding carboxylic acids is 1. The maximum absolute atomic E-state index is 13.1. The molecule has 1 amide bonds. The van der Waals surface area contributed by atoms with Gasteiger partial charge in [0, 0.05) is 19.5 Å². The highest BCUT2D eigenvalue weighted by Crippen LogP contribution is 2.19. The van der Waals surface area contributed by atoms with Crippen LogP contribution in [0.15, 0.2) is 48.5 Å². The number of anilines is 1. The molecule has 7 heteroatoms. The lowest BCUT2D eigenvalue weighted by Crippen LogP contribution is -2.32. The summed E-state index contributed by atoms with van der Waals surface area (Å²) in [7, 11) is -3.43. The number of hydrogen-bond donors (Lipinski definition) is 1. The van der Waals surface area contributed by atoms with Crippen LogP contribution in [0.1, 0.15) is 24.0 Å². The van der Waals surface area contributed by atoms with Crippen molar-refractivity contribution in [3.63, 3.8) is 0 Å². The summed E-state index contributed by atoms with van der Waals surface area (Å²) in [6, 6.07) is 13.2. The third kappa shape index (κ3) is 6.15. The first-order chi connectivity index (χ1) is 12.3. The molecule has 140 valence electrons. The van der Waals surface area contributed by atoms with Crippen LogP contribution >= 0.6 is 0 Å². The molecule has 26 heavy (non-hydrogen) atoms. The van der Waals surface area contributed by atoms with Crippen molar-refractivity contribution in [1.29, 1.82) is 0 Å². The number of hydrogen-bond acceptors (Lipinski definition) is 3. The summed E-state index contributed by atoms with van der Waals surface area (Å²) in [6.45, 7) is 2.35. The van der Waals surface area contributed by atoms with E-state index in [1.54, 1.807) is 30.3 Å². The van der Waals surface area contributed by atoms with E-state index in [9.17, 15) is 17.6 Å². The highest BCUT2D eigenvalue weighted by Gasteiger charge is 2.17. The first kappa shape index (κ1) is 19.9. The maximum Gasteiger partial charge on any atom is 0.232 e. The Bertz CT molecular complexity index is 869. The standard InChI is InChI=1S/C19H23FN2O3S/c1-15-6-3-9-18(12-15)22(26(2,24)25)11-5-10-19(23)21-14-16-7-4-8-17(20)13-16/h3-4,6-9,12-13H,5,10-11,14H2,1-2H3,(H,21,23). The zero-order valence-corrected chi connectivity index (χ0v) is 15.7. The first-order valence-corrected chi connectivity index (χ1v) is 10.2. The fourth-order valence-corrected chi connectivity index (χ4v) is 3.55. The van der Waals surface area contributed by atoms with Crippen LogP contribution in [-0.2, 0) is 21.4 Å². The molecule has 0 atom stereocenters. The summed E-state index contributed by atoms with van der Waals surface area (Å²) in [4.78, 5) is 12.0. The fraction of sp³-hybridized carbons (Fsp3) is 0.316. The van der Waals surface area contributed by atoms with Gasteiger partial charge in [0.25, 0.3) is 0 Å². The number of amides is 1. The third-order valence-electron chi connectivity index (χ3n) is 3.83.